The number of fused-ring (bicyclic) bond motifs is 1. The highest BCUT2D eigenvalue weighted by Crippen LogP contribution is 2.67. The van der Waals surface area contributed by atoms with Gasteiger partial charge in [-0.2, -0.15) is 0 Å². The van der Waals surface area contributed by atoms with E-state index in [2.05, 4.69) is 33.5 Å². The Morgan fingerprint density at radius 3 is 2.63 bits per heavy atom. The number of nitrogens with zero attached hydrogens (tertiary/aromatic N) is 1. The second-order valence-corrected chi connectivity index (χ2v) is 12.1. The van der Waals surface area contributed by atoms with Crippen LogP contribution in [0.25, 0.3) is 0 Å². The first kappa shape index (κ1) is 26.3. The lowest BCUT2D eigenvalue weighted by Gasteiger charge is -2.35. The molecule has 3 aliphatic rings. The Balaban J connectivity index is 1.60. The number of ether oxygens (including phenoxy) is 1. The summed E-state index contributed by atoms with van der Waals surface area (Å²) in [6, 6.07) is 6.54. The Bertz CT molecular complexity index is 948. The topological polar surface area (TPSA) is 108 Å². The third-order valence-corrected chi connectivity index (χ3v) is 10.4. The normalized spacial score (nSPS) is 30.9. The van der Waals surface area contributed by atoms with Crippen molar-refractivity contribution in [2.75, 3.05) is 31.6 Å². The number of hydrogen-bond donors (Lipinski definition) is 3. The molecule has 0 radical (unpaired) electrons. The number of rotatable bonds is 11. The number of benzene rings is 1. The van der Waals surface area contributed by atoms with Crippen LogP contribution in [0.15, 0.2) is 24.3 Å². The lowest BCUT2D eigenvalue weighted by atomic mass is 9.70. The van der Waals surface area contributed by atoms with Gasteiger partial charge in [-0.3, -0.25) is 14.4 Å². The Labute approximate surface area is 219 Å². The number of amides is 3. The van der Waals surface area contributed by atoms with Crippen molar-refractivity contribution >= 4 is 51.1 Å². The maximum atomic E-state index is 13.8. The average Bonchev–Trinajstić information content (AvgIpc) is 3.42. The summed E-state index contributed by atoms with van der Waals surface area (Å²) in [6.07, 6.45) is 2.86. The molecule has 3 fully saturated rings. The van der Waals surface area contributed by atoms with E-state index in [0.717, 1.165) is 18.6 Å². The van der Waals surface area contributed by atoms with Gasteiger partial charge in [-0.25, -0.2) is 0 Å². The number of likely N-dealkylation sites (tertiary alicyclic amines) is 1. The molecule has 3 saturated heterocycles. The van der Waals surface area contributed by atoms with Crippen molar-refractivity contribution in [2.45, 2.75) is 60.4 Å². The van der Waals surface area contributed by atoms with Crippen molar-refractivity contribution in [3.8, 4) is 5.75 Å². The van der Waals surface area contributed by atoms with Crippen LogP contribution >= 0.6 is 27.7 Å². The molecule has 6 atom stereocenters. The van der Waals surface area contributed by atoms with E-state index in [1.807, 2.05) is 6.92 Å². The minimum atomic E-state index is -0.664. The van der Waals surface area contributed by atoms with Gasteiger partial charge in [0.15, 0.2) is 0 Å². The van der Waals surface area contributed by atoms with Gasteiger partial charge in [0.1, 0.15) is 11.8 Å². The van der Waals surface area contributed by atoms with E-state index in [1.165, 1.54) is 0 Å². The standard InChI is InChI=1S/C25H34BrN3O5S/c1-3-5-11-27-23(32)21-25-14-17(26)20(35-25)18(19(25)24(33)29(21)12-6-13-30)22(31)28-15-7-9-16(10-8-15)34-4-2/h7-10,17-21,30H,3-6,11-14H2,1-2H3,(H,27,32)(H,28,31)/t17?,18-,19+,20-,21?,25?/m1/s1. The molecule has 8 nitrogen and oxygen atoms in total. The minimum absolute atomic E-state index is 0.0244. The Morgan fingerprint density at radius 2 is 1.97 bits per heavy atom. The van der Waals surface area contributed by atoms with Crippen molar-refractivity contribution in [3.05, 3.63) is 24.3 Å². The molecule has 3 amide bonds. The molecule has 1 spiro atoms. The summed E-state index contributed by atoms with van der Waals surface area (Å²) in [5.41, 5.74) is 0.642. The second-order valence-electron chi connectivity index (χ2n) is 9.36. The summed E-state index contributed by atoms with van der Waals surface area (Å²) >= 11 is 5.38. The van der Waals surface area contributed by atoms with Gasteiger partial charge in [-0.15, -0.1) is 11.8 Å². The van der Waals surface area contributed by atoms with Gasteiger partial charge in [0.2, 0.25) is 17.7 Å². The van der Waals surface area contributed by atoms with Crippen LogP contribution in [0.2, 0.25) is 0 Å². The SMILES string of the molecule is CCCCNC(=O)C1N(CCCO)C(=O)[C@@H]2[C@@H](C(=O)Nc3ccc(OCC)cc3)[C@@H]3SC12CC3Br. The molecular weight excluding hydrogens is 534 g/mol. The molecule has 1 aromatic carbocycles. The van der Waals surface area contributed by atoms with E-state index in [-0.39, 0.29) is 34.4 Å². The summed E-state index contributed by atoms with van der Waals surface area (Å²) in [5, 5.41) is 15.3. The molecule has 3 heterocycles. The number of nitrogens with one attached hydrogen (secondary N) is 2. The fourth-order valence-electron chi connectivity index (χ4n) is 5.72. The number of carbonyl (C=O) groups excluding carboxylic acids is 3. The lowest BCUT2D eigenvalue weighted by molar-refractivity contribution is -0.139. The minimum Gasteiger partial charge on any atom is -0.494 e. The van der Waals surface area contributed by atoms with Gasteiger partial charge in [-0.1, -0.05) is 29.3 Å². The lowest BCUT2D eigenvalue weighted by Crippen LogP contribution is -2.54. The molecule has 3 aliphatic heterocycles. The summed E-state index contributed by atoms with van der Waals surface area (Å²) in [6.45, 7) is 5.32. The number of aliphatic hydroxyl groups is 1. The largest absolute Gasteiger partial charge is 0.494 e. The first-order valence-electron chi connectivity index (χ1n) is 12.4. The number of thioether (sulfide) groups is 1. The number of hydrogen-bond acceptors (Lipinski definition) is 6. The third kappa shape index (κ3) is 4.81. The van der Waals surface area contributed by atoms with Crippen LogP contribution in [0.5, 0.6) is 5.75 Å². The molecule has 10 heteroatoms. The van der Waals surface area contributed by atoms with Crippen LogP contribution in [0.4, 0.5) is 5.69 Å². The molecule has 192 valence electrons. The summed E-state index contributed by atoms with van der Waals surface area (Å²) < 4.78 is 4.81. The highest BCUT2D eigenvalue weighted by Gasteiger charge is 2.75. The van der Waals surface area contributed by atoms with Crippen LogP contribution in [-0.4, -0.2) is 74.9 Å². The Hall–Kier alpha value is -1.78. The second kappa shape index (κ2) is 11.1. The number of halogens is 1. The van der Waals surface area contributed by atoms with E-state index in [9.17, 15) is 19.5 Å². The van der Waals surface area contributed by atoms with Gasteiger partial charge < -0.3 is 25.4 Å². The van der Waals surface area contributed by atoms with Crippen LogP contribution < -0.4 is 15.4 Å². The molecule has 4 rings (SSSR count). The molecule has 0 saturated carbocycles. The van der Waals surface area contributed by atoms with Gasteiger partial charge in [0.25, 0.3) is 0 Å². The van der Waals surface area contributed by atoms with Crippen LogP contribution in [0.1, 0.15) is 39.5 Å². The first-order chi connectivity index (χ1) is 16.9. The first-order valence-corrected chi connectivity index (χ1v) is 14.2. The third-order valence-electron chi connectivity index (χ3n) is 7.16. The van der Waals surface area contributed by atoms with E-state index < -0.39 is 22.6 Å². The van der Waals surface area contributed by atoms with Gasteiger partial charge in [0.05, 0.1) is 23.2 Å². The monoisotopic (exact) mass is 567 g/mol. The summed E-state index contributed by atoms with van der Waals surface area (Å²) in [7, 11) is 0. The van der Waals surface area contributed by atoms with E-state index in [0.29, 0.717) is 38.2 Å². The maximum absolute atomic E-state index is 13.8. The molecule has 3 unspecified atom stereocenters. The fourth-order valence-corrected chi connectivity index (χ4v) is 9.34. The van der Waals surface area contributed by atoms with Gasteiger partial charge in [-0.05, 0) is 50.5 Å². The maximum Gasteiger partial charge on any atom is 0.244 e. The van der Waals surface area contributed by atoms with Crippen LogP contribution in [0, 0.1) is 11.8 Å². The number of aliphatic hydroxyl groups excluding tert-OH is 1. The molecule has 35 heavy (non-hydrogen) atoms. The fraction of sp³-hybridized carbons (Fsp3) is 0.640. The van der Waals surface area contributed by atoms with Crippen molar-refractivity contribution in [2.24, 2.45) is 11.8 Å². The van der Waals surface area contributed by atoms with Crippen LogP contribution in [-0.2, 0) is 14.4 Å². The average molecular weight is 569 g/mol. The smallest absolute Gasteiger partial charge is 0.244 e. The predicted molar refractivity (Wildman–Crippen MR) is 140 cm³/mol. The number of unbranched alkanes of at least 4 members (excludes halogenated alkanes) is 1. The molecular formula is C25H34BrN3O5S. The highest BCUT2D eigenvalue weighted by molar-refractivity contribution is 9.09. The molecule has 0 aromatic heterocycles. The van der Waals surface area contributed by atoms with Crippen molar-refractivity contribution < 1.29 is 24.2 Å². The quantitative estimate of drug-likeness (QED) is 0.280. The number of anilines is 1. The molecule has 0 aliphatic carbocycles. The van der Waals surface area contributed by atoms with Crippen molar-refractivity contribution in [1.82, 2.24) is 10.2 Å². The van der Waals surface area contributed by atoms with Crippen molar-refractivity contribution in [1.29, 1.82) is 0 Å². The summed E-state index contributed by atoms with van der Waals surface area (Å²) in [5.74, 6) is -0.923. The Kier molecular flexibility index (Phi) is 8.33. The number of alkyl halides is 1. The zero-order valence-electron chi connectivity index (χ0n) is 20.2. The Morgan fingerprint density at radius 1 is 1.23 bits per heavy atom. The summed E-state index contributed by atoms with van der Waals surface area (Å²) in [4.78, 5) is 42.4. The highest BCUT2D eigenvalue weighted by atomic mass is 79.9. The van der Waals surface area contributed by atoms with E-state index in [1.54, 1.807) is 40.9 Å². The van der Waals surface area contributed by atoms with Crippen LogP contribution in [0.3, 0.4) is 0 Å². The van der Waals surface area contributed by atoms with E-state index >= 15 is 0 Å². The van der Waals surface area contributed by atoms with Gasteiger partial charge in [0, 0.05) is 35.5 Å². The van der Waals surface area contributed by atoms with E-state index in [4.69, 9.17) is 4.74 Å². The zero-order valence-corrected chi connectivity index (χ0v) is 22.6. The molecule has 1 aromatic rings. The predicted octanol–water partition coefficient (Wildman–Crippen LogP) is 2.79. The molecule has 2 bridgehead atoms. The number of carbonyl (C=O) groups is 3. The zero-order chi connectivity index (χ0) is 25.2. The van der Waals surface area contributed by atoms with Gasteiger partial charge >= 0.3 is 0 Å². The molecule has 3 N–H and O–H groups in total. The van der Waals surface area contributed by atoms with Crippen molar-refractivity contribution in [3.63, 3.8) is 0 Å².